The summed E-state index contributed by atoms with van der Waals surface area (Å²) in [5.74, 6) is -0.355. The van der Waals surface area contributed by atoms with Crippen LogP contribution in [0.1, 0.15) is 86.9 Å². The Balaban J connectivity index is 1.63. The second-order valence-electron chi connectivity index (χ2n) is 10.7. The van der Waals surface area contributed by atoms with Gasteiger partial charge in [0.2, 0.25) is 0 Å². The lowest BCUT2D eigenvalue weighted by molar-refractivity contribution is -0.127. The Kier molecular flexibility index (Phi) is 5.28. The summed E-state index contributed by atoms with van der Waals surface area (Å²) in [5, 5.41) is 0. The largest absolute Gasteiger partial charge is 0.299 e. The van der Waals surface area contributed by atoms with Gasteiger partial charge in [-0.15, -0.1) is 0 Å². The molecule has 2 aromatic rings. The van der Waals surface area contributed by atoms with Gasteiger partial charge in [0.15, 0.2) is 0 Å². The standard InChI is InChI=1S/C28H33NO2/c1-17-13-22-23(28(5,6)12-11-27(22,3)4)15-20(17)18(2)24-8-7-19(16-29-24)14-21-25(30)9-10-26(21)31/h7-8,13,15-16,21H,2,9-12,14H2,1,3-6H3. The third-order valence-electron chi connectivity index (χ3n) is 7.49. The van der Waals surface area contributed by atoms with Crippen molar-refractivity contribution < 1.29 is 9.59 Å². The van der Waals surface area contributed by atoms with Crippen LogP contribution in [-0.4, -0.2) is 16.6 Å². The first-order valence-electron chi connectivity index (χ1n) is 11.4. The maximum Gasteiger partial charge on any atom is 0.144 e. The van der Waals surface area contributed by atoms with Gasteiger partial charge in [0.25, 0.3) is 0 Å². The molecule has 1 aromatic heterocycles. The molecule has 3 heteroatoms. The molecule has 1 heterocycles. The number of aryl methyl sites for hydroxylation is 1. The Bertz CT molecular complexity index is 1060. The molecule has 0 N–H and O–H groups in total. The van der Waals surface area contributed by atoms with Crippen LogP contribution < -0.4 is 0 Å². The molecule has 0 aliphatic heterocycles. The van der Waals surface area contributed by atoms with E-state index in [1.807, 2.05) is 12.1 Å². The molecule has 1 saturated carbocycles. The van der Waals surface area contributed by atoms with Crippen molar-refractivity contribution in [3.05, 3.63) is 70.6 Å². The van der Waals surface area contributed by atoms with Gasteiger partial charge in [0, 0.05) is 24.6 Å². The van der Waals surface area contributed by atoms with E-state index in [0.717, 1.165) is 22.4 Å². The highest BCUT2D eigenvalue weighted by atomic mass is 16.2. The van der Waals surface area contributed by atoms with Gasteiger partial charge >= 0.3 is 0 Å². The lowest BCUT2D eigenvalue weighted by Crippen LogP contribution is -2.34. The molecule has 0 spiro atoms. The van der Waals surface area contributed by atoms with Gasteiger partial charge in [-0.3, -0.25) is 14.6 Å². The molecule has 0 amide bonds. The van der Waals surface area contributed by atoms with Gasteiger partial charge < -0.3 is 0 Å². The average molecular weight is 416 g/mol. The summed E-state index contributed by atoms with van der Waals surface area (Å²) in [7, 11) is 0. The van der Waals surface area contributed by atoms with Crippen LogP contribution in [0.4, 0.5) is 0 Å². The van der Waals surface area contributed by atoms with Crippen LogP contribution in [0, 0.1) is 12.8 Å². The number of ketones is 2. The fourth-order valence-electron chi connectivity index (χ4n) is 5.15. The minimum atomic E-state index is -0.482. The highest BCUT2D eigenvalue weighted by Crippen LogP contribution is 2.47. The molecule has 162 valence electrons. The van der Waals surface area contributed by atoms with E-state index >= 15 is 0 Å². The minimum absolute atomic E-state index is 0.0636. The second kappa shape index (κ2) is 7.55. The molecule has 0 radical (unpaired) electrons. The molecular formula is C28H33NO2. The van der Waals surface area contributed by atoms with Crippen LogP contribution >= 0.6 is 0 Å². The van der Waals surface area contributed by atoms with Crippen molar-refractivity contribution in [2.45, 2.75) is 77.6 Å². The SMILES string of the molecule is C=C(c1ccc(CC2C(=O)CCC2=O)cn1)c1cc2c(cc1C)C(C)(C)CCC2(C)C. The molecule has 2 aliphatic carbocycles. The van der Waals surface area contributed by atoms with Crippen LogP contribution in [0.15, 0.2) is 37.0 Å². The summed E-state index contributed by atoms with van der Waals surface area (Å²) in [4.78, 5) is 28.5. The van der Waals surface area contributed by atoms with Crippen molar-refractivity contribution >= 4 is 17.1 Å². The van der Waals surface area contributed by atoms with Gasteiger partial charge in [-0.2, -0.15) is 0 Å². The molecule has 4 rings (SSSR count). The Morgan fingerprint density at radius 1 is 1.00 bits per heavy atom. The molecule has 0 atom stereocenters. The van der Waals surface area contributed by atoms with Crippen molar-refractivity contribution in [1.29, 1.82) is 0 Å². The van der Waals surface area contributed by atoms with Crippen molar-refractivity contribution in [1.82, 2.24) is 4.98 Å². The minimum Gasteiger partial charge on any atom is -0.299 e. The van der Waals surface area contributed by atoms with Gasteiger partial charge in [0.05, 0.1) is 11.6 Å². The predicted molar refractivity (Wildman–Crippen MR) is 125 cm³/mol. The van der Waals surface area contributed by atoms with E-state index in [1.165, 1.54) is 29.5 Å². The summed E-state index contributed by atoms with van der Waals surface area (Å²) in [5.41, 5.74) is 8.24. The molecular weight excluding hydrogens is 382 g/mol. The molecule has 0 unspecified atom stereocenters. The van der Waals surface area contributed by atoms with Gasteiger partial charge in [-0.25, -0.2) is 0 Å². The van der Waals surface area contributed by atoms with Gasteiger partial charge in [-0.1, -0.05) is 46.4 Å². The smallest absolute Gasteiger partial charge is 0.144 e. The van der Waals surface area contributed by atoms with E-state index in [9.17, 15) is 9.59 Å². The van der Waals surface area contributed by atoms with Crippen molar-refractivity contribution in [3.8, 4) is 0 Å². The third kappa shape index (κ3) is 3.91. The summed E-state index contributed by atoms with van der Waals surface area (Å²) >= 11 is 0. The first-order valence-corrected chi connectivity index (χ1v) is 11.4. The third-order valence-corrected chi connectivity index (χ3v) is 7.49. The first kappa shape index (κ1) is 21.7. The number of aromatic nitrogens is 1. The first-order chi connectivity index (χ1) is 14.5. The highest BCUT2D eigenvalue weighted by Gasteiger charge is 2.37. The second-order valence-corrected chi connectivity index (χ2v) is 10.7. The van der Waals surface area contributed by atoms with E-state index in [0.29, 0.717) is 19.3 Å². The number of benzene rings is 1. The molecule has 1 fully saturated rings. The van der Waals surface area contributed by atoms with E-state index in [4.69, 9.17) is 0 Å². The number of carbonyl (C=O) groups excluding carboxylic acids is 2. The zero-order valence-corrected chi connectivity index (χ0v) is 19.5. The van der Waals surface area contributed by atoms with Gasteiger partial charge in [0.1, 0.15) is 11.6 Å². The highest BCUT2D eigenvalue weighted by molar-refractivity contribution is 6.08. The van der Waals surface area contributed by atoms with Crippen LogP contribution in [-0.2, 0) is 26.8 Å². The number of nitrogens with zero attached hydrogens (tertiary/aromatic N) is 1. The predicted octanol–water partition coefficient (Wildman–Crippen LogP) is 5.89. The zero-order valence-electron chi connectivity index (χ0n) is 19.5. The number of carbonyl (C=O) groups is 2. The van der Waals surface area contributed by atoms with Crippen molar-refractivity contribution in [3.63, 3.8) is 0 Å². The van der Waals surface area contributed by atoms with Gasteiger partial charge in [-0.05, 0) is 77.0 Å². The number of rotatable bonds is 4. The summed E-state index contributed by atoms with van der Waals surface area (Å²) < 4.78 is 0. The number of hydrogen-bond donors (Lipinski definition) is 0. The Morgan fingerprint density at radius 3 is 2.13 bits per heavy atom. The van der Waals surface area contributed by atoms with E-state index < -0.39 is 5.92 Å². The van der Waals surface area contributed by atoms with Crippen LogP contribution in [0.5, 0.6) is 0 Å². The summed E-state index contributed by atoms with van der Waals surface area (Å²) in [6, 6.07) is 8.63. The monoisotopic (exact) mass is 415 g/mol. The number of Topliss-reactive ketones (excluding diaryl/α,β-unsaturated/α-hetero) is 2. The average Bonchev–Trinajstić information content (AvgIpc) is 3.03. The topological polar surface area (TPSA) is 47.0 Å². The molecule has 0 saturated heterocycles. The number of pyridine rings is 1. The van der Waals surface area contributed by atoms with E-state index in [2.05, 4.69) is 58.3 Å². The van der Waals surface area contributed by atoms with Crippen LogP contribution in [0.25, 0.3) is 5.57 Å². The number of hydrogen-bond acceptors (Lipinski definition) is 3. The molecule has 3 nitrogen and oxygen atoms in total. The lowest BCUT2D eigenvalue weighted by atomic mass is 9.62. The van der Waals surface area contributed by atoms with E-state index in [1.54, 1.807) is 6.20 Å². The molecule has 0 bridgehead atoms. The Morgan fingerprint density at radius 2 is 1.58 bits per heavy atom. The molecule has 31 heavy (non-hydrogen) atoms. The lowest BCUT2D eigenvalue weighted by Gasteiger charge is -2.42. The molecule has 1 aromatic carbocycles. The Labute approximate surface area is 186 Å². The summed E-state index contributed by atoms with van der Waals surface area (Å²) in [6.07, 6.45) is 5.39. The van der Waals surface area contributed by atoms with E-state index in [-0.39, 0.29) is 22.4 Å². The maximum absolute atomic E-state index is 11.9. The maximum atomic E-state index is 11.9. The zero-order chi connectivity index (χ0) is 22.6. The fourth-order valence-corrected chi connectivity index (χ4v) is 5.15. The fraction of sp³-hybridized carbons (Fsp3) is 0.464. The van der Waals surface area contributed by atoms with Crippen LogP contribution in [0.3, 0.4) is 0 Å². The molecule has 2 aliphatic rings. The number of fused-ring (bicyclic) bond motifs is 1. The van der Waals surface area contributed by atoms with Crippen molar-refractivity contribution in [2.24, 2.45) is 5.92 Å². The van der Waals surface area contributed by atoms with Crippen LogP contribution in [0.2, 0.25) is 0 Å². The normalized spacial score (nSPS) is 20.0. The summed E-state index contributed by atoms with van der Waals surface area (Å²) in [6.45, 7) is 15.9. The quantitative estimate of drug-likeness (QED) is 0.585. The Hall–Kier alpha value is -2.55. The van der Waals surface area contributed by atoms with Crippen molar-refractivity contribution in [2.75, 3.05) is 0 Å².